The van der Waals surface area contributed by atoms with Crippen molar-refractivity contribution in [2.24, 2.45) is 0 Å². The summed E-state index contributed by atoms with van der Waals surface area (Å²) < 4.78 is 2.23. The Morgan fingerprint density at radius 2 is 1.85 bits per heavy atom. The molecule has 144 valence electrons. The minimum absolute atomic E-state index is 0.348. The Labute approximate surface area is 157 Å². The van der Waals surface area contributed by atoms with Crippen molar-refractivity contribution in [3.8, 4) is 0 Å². The molecule has 0 radical (unpaired) electrons. The third-order valence-corrected chi connectivity index (χ3v) is 5.37. The Morgan fingerprint density at radius 3 is 2.58 bits per heavy atom. The molecule has 1 unspecified atom stereocenters. The highest BCUT2D eigenvalue weighted by molar-refractivity contribution is 5.84. The molecule has 5 nitrogen and oxygen atoms in total. The van der Waals surface area contributed by atoms with Gasteiger partial charge in [-0.3, -0.25) is 0 Å². The predicted octanol–water partition coefficient (Wildman–Crippen LogP) is 1.74. The van der Waals surface area contributed by atoms with Crippen LogP contribution in [0.5, 0.6) is 0 Å². The Kier molecular flexibility index (Phi) is 6.70. The second-order valence-electron chi connectivity index (χ2n) is 7.99. The van der Waals surface area contributed by atoms with E-state index < -0.39 is 0 Å². The zero-order valence-electron chi connectivity index (χ0n) is 16.6. The Morgan fingerprint density at radius 1 is 1.12 bits per heavy atom. The Bertz CT molecular complexity index is 688. The van der Waals surface area contributed by atoms with Gasteiger partial charge in [-0.25, -0.2) is 0 Å². The zero-order chi connectivity index (χ0) is 18.5. The molecule has 1 aliphatic heterocycles. The van der Waals surface area contributed by atoms with Gasteiger partial charge in [-0.1, -0.05) is 18.2 Å². The van der Waals surface area contributed by atoms with Gasteiger partial charge in [0.05, 0.1) is 6.10 Å². The maximum Gasteiger partial charge on any atom is 0.0845 e. The van der Waals surface area contributed by atoms with Crippen LogP contribution in [0.4, 0.5) is 0 Å². The van der Waals surface area contributed by atoms with Crippen LogP contribution < -0.4 is 0 Å². The van der Waals surface area contributed by atoms with E-state index in [9.17, 15) is 5.11 Å². The molecule has 1 N–H and O–H groups in total. The van der Waals surface area contributed by atoms with Gasteiger partial charge < -0.3 is 24.4 Å². The number of aryl methyl sites for hydroxylation is 1. The van der Waals surface area contributed by atoms with E-state index in [0.717, 1.165) is 6.42 Å². The predicted molar refractivity (Wildman–Crippen MR) is 109 cm³/mol. The molecule has 1 atom stereocenters. The fourth-order valence-electron chi connectivity index (χ4n) is 3.94. The number of para-hydroxylation sites is 1. The van der Waals surface area contributed by atoms with E-state index in [-0.39, 0.29) is 6.10 Å². The van der Waals surface area contributed by atoms with E-state index >= 15 is 0 Å². The number of hydrogen-bond donors (Lipinski definition) is 1. The van der Waals surface area contributed by atoms with E-state index in [1.807, 2.05) is 19.0 Å². The first-order chi connectivity index (χ1) is 12.5. The quantitative estimate of drug-likeness (QED) is 0.780. The van der Waals surface area contributed by atoms with Crippen LogP contribution >= 0.6 is 0 Å². The van der Waals surface area contributed by atoms with Gasteiger partial charge in [-0.15, -0.1) is 0 Å². The minimum Gasteiger partial charge on any atom is -0.390 e. The molecule has 1 aliphatic rings. The summed E-state index contributed by atoms with van der Waals surface area (Å²) in [6.45, 7) is 7.26. The van der Waals surface area contributed by atoms with Crippen LogP contribution in [0.3, 0.4) is 0 Å². The third-order valence-electron chi connectivity index (χ3n) is 5.37. The summed E-state index contributed by atoms with van der Waals surface area (Å²) in [6, 6.07) is 8.59. The van der Waals surface area contributed by atoms with Gasteiger partial charge in [0.2, 0.25) is 0 Å². The van der Waals surface area contributed by atoms with Gasteiger partial charge >= 0.3 is 0 Å². The number of aromatic nitrogens is 1. The van der Waals surface area contributed by atoms with Crippen molar-refractivity contribution in [3.63, 3.8) is 0 Å². The van der Waals surface area contributed by atoms with Crippen LogP contribution in [0.25, 0.3) is 10.9 Å². The van der Waals surface area contributed by atoms with Crippen molar-refractivity contribution in [2.75, 3.05) is 60.4 Å². The van der Waals surface area contributed by atoms with Gasteiger partial charge in [0.25, 0.3) is 0 Å². The summed E-state index contributed by atoms with van der Waals surface area (Å²) in [6.07, 6.45) is 4.20. The van der Waals surface area contributed by atoms with E-state index in [2.05, 4.69) is 51.9 Å². The number of likely N-dealkylation sites (N-methyl/N-ethyl adjacent to an activating group) is 2. The van der Waals surface area contributed by atoms with Crippen molar-refractivity contribution in [1.29, 1.82) is 0 Å². The molecule has 26 heavy (non-hydrogen) atoms. The summed E-state index contributed by atoms with van der Waals surface area (Å²) in [5.74, 6) is 0. The SMILES string of the molecule is CN(C)CC(O)Cn1cc(CCCN2CCN(C)CC2)c2ccccc21. The van der Waals surface area contributed by atoms with Crippen molar-refractivity contribution in [3.05, 3.63) is 36.0 Å². The first kappa shape index (κ1) is 19.4. The lowest BCUT2D eigenvalue weighted by Crippen LogP contribution is -2.44. The highest BCUT2D eigenvalue weighted by atomic mass is 16.3. The molecule has 0 saturated carbocycles. The molecular formula is C21H34N4O. The molecule has 3 rings (SSSR count). The number of benzene rings is 1. The van der Waals surface area contributed by atoms with Gasteiger partial charge in [-0.05, 0) is 52.2 Å². The van der Waals surface area contributed by atoms with Crippen LogP contribution in [0.2, 0.25) is 0 Å². The number of hydrogen-bond acceptors (Lipinski definition) is 4. The molecule has 2 aromatic rings. The van der Waals surface area contributed by atoms with Gasteiger partial charge in [0, 0.05) is 56.4 Å². The lowest BCUT2D eigenvalue weighted by atomic mass is 10.1. The van der Waals surface area contributed by atoms with E-state index in [1.165, 1.54) is 55.6 Å². The van der Waals surface area contributed by atoms with Crippen LogP contribution in [-0.4, -0.2) is 90.9 Å². The lowest BCUT2D eigenvalue weighted by molar-refractivity contribution is 0.121. The smallest absolute Gasteiger partial charge is 0.0845 e. The highest BCUT2D eigenvalue weighted by Gasteiger charge is 2.15. The van der Waals surface area contributed by atoms with Crippen molar-refractivity contribution in [2.45, 2.75) is 25.5 Å². The normalized spacial score (nSPS) is 18.0. The molecule has 1 aromatic heterocycles. The summed E-state index contributed by atoms with van der Waals surface area (Å²) >= 11 is 0. The summed E-state index contributed by atoms with van der Waals surface area (Å²) in [7, 11) is 6.21. The van der Waals surface area contributed by atoms with E-state index in [4.69, 9.17) is 0 Å². The molecule has 0 aliphatic carbocycles. The number of nitrogens with zero attached hydrogens (tertiary/aromatic N) is 4. The average molecular weight is 359 g/mol. The Hall–Kier alpha value is -1.40. The molecular weight excluding hydrogens is 324 g/mol. The molecule has 2 heterocycles. The zero-order valence-corrected chi connectivity index (χ0v) is 16.6. The first-order valence-corrected chi connectivity index (χ1v) is 9.83. The average Bonchev–Trinajstić information content (AvgIpc) is 2.94. The molecule has 0 spiro atoms. The standard InChI is InChI=1S/C21H34N4O/c1-22(2)16-19(26)17-25-15-18(20-8-4-5-9-21(20)25)7-6-10-24-13-11-23(3)12-14-24/h4-5,8-9,15,19,26H,6-7,10-14,16-17H2,1-3H3. The second kappa shape index (κ2) is 9.00. The van der Waals surface area contributed by atoms with Crippen molar-refractivity contribution in [1.82, 2.24) is 19.3 Å². The van der Waals surface area contributed by atoms with Crippen LogP contribution in [0.1, 0.15) is 12.0 Å². The second-order valence-corrected chi connectivity index (χ2v) is 7.99. The number of aliphatic hydroxyl groups is 1. The molecule has 0 amide bonds. The molecule has 1 saturated heterocycles. The number of rotatable bonds is 8. The maximum atomic E-state index is 10.3. The number of piperazine rings is 1. The van der Waals surface area contributed by atoms with Gasteiger partial charge in [0.1, 0.15) is 0 Å². The molecule has 1 fully saturated rings. The highest BCUT2D eigenvalue weighted by Crippen LogP contribution is 2.23. The van der Waals surface area contributed by atoms with Crippen LogP contribution in [-0.2, 0) is 13.0 Å². The minimum atomic E-state index is -0.348. The molecule has 5 heteroatoms. The third kappa shape index (κ3) is 5.07. The number of aliphatic hydroxyl groups excluding tert-OH is 1. The van der Waals surface area contributed by atoms with E-state index in [1.54, 1.807) is 0 Å². The van der Waals surface area contributed by atoms with Gasteiger partial charge in [-0.2, -0.15) is 0 Å². The summed E-state index contributed by atoms with van der Waals surface area (Å²) in [5.41, 5.74) is 2.65. The molecule has 0 bridgehead atoms. The van der Waals surface area contributed by atoms with Crippen molar-refractivity contribution < 1.29 is 5.11 Å². The van der Waals surface area contributed by atoms with Crippen LogP contribution in [0, 0.1) is 0 Å². The molecule has 1 aromatic carbocycles. The largest absolute Gasteiger partial charge is 0.390 e. The topological polar surface area (TPSA) is 34.9 Å². The van der Waals surface area contributed by atoms with Gasteiger partial charge in [0.15, 0.2) is 0 Å². The maximum absolute atomic E-state index is 10.3. The van der Waals surface area contributed by atoms with E-state index in [0.29, 0.717) is 13.1 Å². The summed E-state index contributed by atoms with van der Waals surface area (Å²) in [5, 5.41) is 11.7. The Balaban J connectivity index is 1.63. The first-order valence-electron chi connectivity index (χ1n) is 9.83. The number of fused-ring (bicyclic) bond motifs is 1. The van der Waals surface area contributed by atoms with Crippen LogP contribution in [0.15, 0.2) is 30.5 Å². The fourth-order valence-corrected chi connectivity index (χ4v) is 3.94. The summed E-state index contributed by atoms with van der Waals surface area (Å²) in [4.78, 5) is 7.02. The fraction of sp³-hybridized carbons (Fsp3) is 0.619. The monoisotopic (exact) mass is 358 g/mol. The lowest BCUT2D eigenvalue weighted by Gasteiger charge is -2.32. The van der Waals surface area contributed by atoms with Crippen molar-refractivity contribution >= 4 is 10.9 Å².